The number of aromatic amines is 1. The van der Waals surface area contributed by atoms with Crippen molar-refractivity contribution in [1.29, 1.82) is 0 Å². The molecule has 0 saturated heterocycles. The van der Waals surface area contributed by atoms with E-state index in [9.17, 15) is 4.79 Å². The molecule has 1 aromatic heterocycles. The Balaban J connectivity index is 2.62. The van der Waals surface area contributed by atoms with Crippen LogP contribution in [0.25, 0.3) is 0 Å². The van der Waals surface area contributed by atoms with Crippen LogP contribution in [0, 0.1) is 0 Å². The molecule has 0 bridgehead atoms. The van der Waals surface area contributed by atoms with Crippen molar-refractivity contribution in [1.82, 2.24) is 10.3 Å². The van der Waals surface area contributed by atoms with Gasteiger partial charge in [-0.1, -0.05) is 23.2 Å². The smallest absolute Gasteiger partial charge is 0.267 e. The second-order valence-electron chi connectivity index (χ2n) is 4.02. The van der Waals surface area contributed by atoms with Gasteiger partial charge in [-0.15, -0.1) is 0 Å². The van der Waals surface area contributed by atoms with Crippen molar-refractivity contribution < 1.29 is 4.79 Å². The SMILES string of the molecule is CC(C)(N)CNC(=O)c1cc(Cl)c(Cl)[nH]1. The van der Waals surface area contributed by atoms with E-state index >= 15 is 0 Å². The van der Waals surface area contributed by atoms with Gasteiger partial charge in [0, 0.05) is 12.1 Å². The van der Waals surface area contributed by atoms with Crippen molar-refractivity contribution in [2.45, 2.75) is 19.4 Å². The number of amides is 1. The minimum absolute atomic E-state index is 0.258. The Bertz CT molecular complexity index is 348. The van der Waals surface area contributed by atoms with Gasteiger partial charge >= 0.3 is 0 Å². The fourth-order valence-corrected chi connectivity index (χ4v) is 1.24. The molecule has 0 aromatic carbocycles. The lowest BCUT2D eigenvalue weighted by atomic mass is 10.1. The molecule has 0 aliphatic heterocycles. The molecule has 1 rings (SSSR count). The highest BCUT2D eigenvalue weighted by Gasteiger charge is 2.15. The van der Waals surface area contributed by atoms with Crippen LogP contribution in [0.3, 0.4) is 0 Å². The Morgan fingerprint density at radius 2 is 2.20 bits per heavy atom. The molecule has 0 atom stereocenters. The average Bonchev–Trinajstić information content (AvgIpc) is 2.42. The van der Waals surface area contributed by atoms with Gasteiger partial charge in [0.15, 0.2) is 0 Å². The van der Waals surface area contributed by atoms with E-state index in [0.29, 0.717) is 17.3 Å². The highest BCUT2D eigenvalue weighted by Crippen LogP contribution is 2.21. The zero-order valence-electron chi connectivity index (χ0n) is 8.53. The topological polar surface area (TPSA) is 70.9 Å². The first-order chi connectivity index (χ1) is 6.79. The first-order valence-electron chi connectivity index (χ1n) is 4.41. The van der Waals surface area contributed by atoms with Crippen molar-refractivity contribution >= 4 is 29.1 Å². The molecule has 6 heteroatoms. The maximum Gasteiger partial charge on any atom is 0.267 e. The maximum atomic E-state index is 11.5. The van der Waals surface area contributed by atoms with E-state index in [1.54, 1.807) is 0 Å². The van der Waals surface area contributed by atoms with E-state index in [1.807, 2.05) is 13.8 Å². The van der Waals surface area contributed by atoms with Gasteiger partial charge in [0.05, 0.1) is 5.02 Å². The summed E-state index contributed by atoms with van der Waals surface area (Å²) in [6.07, 6.45) is 0. The number of rotatable bonds is 3. The standard InChI is InChI=1S/C9H13Cl2N3O/c1-9(2,12)4-13-8(15)6-3-5(10)7(11)14-6/h3,14H,4,12H2,1-2H3,(H,13,15). The molecule has 0 saturated carbocycles. The van der Waals surface area contributed by atoms with Gasteiger partial charge < -0.3 is 16.0 Å². The van der Waals surface area contributed by atoms with Crippen LogP contribution in [0.1, 0.15) is 24.3 Å². The zero-order chi connectivity index (χ0) is 11.6. The minimum Gasteiger partial charge on any atom is -0.349 e. The highest BCUT2D eigenvalue weighted by molar-refractivity contribution is 6.41. The molecule has 84 valence electrons. The third kappa shape index (κ3) is 3.74. The fourth-order valence-electron chi connectivity index (χ4n) is 0.930. The largest absolute Gasteiger partial charge is 0.349 e. The molecule has 15 heavy (non-hydrogen) atoms. The van der Waals surface area contributed by atoms with E-state index < -0.39 is 5.54 Å². The van der Waals surface area contributed by atoms with Crippen LogP contribution in [0.4, 0.5) is 0 Å². The molecule has 1 heterocycles. The Morgan fingerprint density at radius 1 is 1.60 bits per heavy atom. The number of carbonyl (C=O) groups is 1. The maximum absolute atomic E-state index is 11.5. The van der Waals surface area contributed by atoms with Crippen LogP contribution in [0.15, 0.2) is 6.07 Å². The first-order valence-corrected chi connectivity index (χ1v) is 5.16. The van der Waals surface area contributed by atoms with Crippen molar-refractivity contribution in [3.05, 3.63) is 21.9 Å². The lowest BCUT2D eigenvalue weighted by Gasteiger charge is -2.18. The normalized spacial score (nSPS) is 11.5. The van der Waals surface area contributed by atoms with Gasteiger partial charge in [-0.25, -0.2) is 0 Å². The van der Waals surface area contributed by atoms with Gasteiger partial charge in [-0.3, -0.25) is 4.79 Å². The fraction of sp³-hybridized carbons (Fsp3) is 0.444. The molecule has 4 nitrogen and oxygen atoms in total. The molecule has 1 amide bonds. The summed E-state index contributed by atoms with van der Waals surface area (Å²) >= 11 is 11.4. The Kier molecular flexibility index (Phi) is 3.65. The predicted octanol–water partition coefficient (Wildman–Crippen LogP) is 1.79. The Labute approximate surface area is 98.1 Å². The molecule has 0 radical (unpaired) electrons. The molecule has 0 spiro atoms. The number of nitrogens with two attached hydrogens (primary N) is 1. The number of hydrogen-bond donors (Lipinski definition) is 3. The van der Waals surface area contributed by atoms with E-state index in [2.05, 4.69) is 10.3 Å². The van der Waals surface area contributed by atoms with Gasteiger partial charge in [0.1, 0.15) is 10.8 Å². The van der Waals surface area contributed by atoms with Crippen LogP contribution in [-0.4, -0.2) is 23.0 Å². The number of carbonyl (C=O) groups excluding carboxylic acids is 1. The Hall–Kier alpha value is -0.710. The molecular weight excluding hydrogens is 237 g/mol. The number of halogens is 2. The third-order valence-electron chi connectivity index (χ3n) is 1.67. The summed E-state index contributed by atoms with van der Waals surface area (Å²) < 4.78 is 0. The van der Waals surface area contributed by atoms with Crippen LogP contribution < -0.4 is 11.1 Å². The Morgan fingerprint density at radius 3 is 2.60 bits per heavy atom. The van der Waals surface area contributed by atoms with E-state index in [1.165, 1.54) is 6.07 Å². The molecule has 0 aliphatic carbocycles. The van der Waals surface area contributed by atoms with Gasteiger partial charge in [0.2, 0.25) is 0 Å². The van der Waals surface area contributed by atoms with Crippen molar-refractivity contribution in [3.63, 3.8) is 0 Å². The summed E-state index contributed by atoms with van der Waals surface area (Å²) in [7, 11) is 0. The zero-order valence-corrected chi connectivity index (χ0v) is 10.0. The third-order valence-corrected chi connectivity index (χ3v) is 2.37. The molecule has 1 aromatic rings. The van der Waals surface area contributed by atoms with Gasteiger partial charge in [0.25, 0.3) is 5.91 Å². The summed E-state index contributed by atoms with van der Waals surface area (Å²) in [5, 5.41) is 3.25. The van der Waals surface area contributed by atoms with Crippen molar-refractivity contribution in [2.75, 3.05) is 6.54 Å². The molecular formula is C9H13Cl2N3O. The quantitative estimate of drug-likeness (QED) is 0.765. The lowest BCUT2D eigenvalue weighted by Crippen LogP contribution is -2.45. The van der Waals surface area contributed by atoms with E-state index in [4.69, 9.17) is 28.9 Å². The summed E-state index contributed by atoms with van der Waals surface area (Å²) in [5.41, 5.74) is 5.60. The van der Waals surface area contributed by atoms with Gasteiger partial charge in [-0.2, -0.15) is 0 Å². The van der Waals surface area contributed by atoms with Gasteiger partial charge in [-0.05, 0) is 19.9 Å². The van der Waals surface area contributed by atoms with Crippen LogP contribution in [-0.2, 0) is 0 Å². The van der Waals surface area contributed by atoms with E-state index in [0.717, 1.165) is 0 Å². The van der Waals surface area contributed by atoms with Crippen molar-refractivity contribution in [3.8, 4) is 0 Å². The molecule has 0 unspecified atom stereocenters. The number of aromatic nitrogens is 1. The average molecular weight is 250 g/mol. The minimum atomic E-state index is -0.449. The summed E-state index contributed by atoms with van der Waals surface area (Å²) in [5.74, 6) is -0.276. The second-order valence-corrected chi connectivity index (χ2v) is 4.80. The van der Waals surface area contributed by atoms with E-state index in [-0.39, 0.29) is 11.1 Å². The first kappa shape index (κ1) is 12.4. The van der Waals surface area contributed by atoms with Crippen LogP contribution in [0.2, 0.25) is 10.2 Å². The van der Waals surface area contributed by atoms with Crippen LogP contribution in [0.5, 0.6) is 0 Å². The van der Waals surface area contributed by atoms with Crippen molar-refractivity contribution in [2.24, 2.45) is 5.73 Å². The summed E-state index contributed by atoms with van der Waals surface area (Å²) in [4.78, 5) is 14.2. The highest BCUT2D eigenvalue weighted by atomic mass is 35.5. The predicted molar refractivity (Wildman–Crippen MR) is 61.4 cm³/mol. The molecule has 0 aliphatic rings. The molecule has 4 N–H and O–H groups in total. The molecule has 0 fully saturated rings. The number of H-pyrrole nitrogens is 1. The summed E-state index contributed by atoms with van der Waals surface area (Å²) in [6.45, 7) is 4.02. The summed E-state index contributed by atoms with van der Waals surface area (Å²) in [6, 6.07) is 1.47. The second kappa shape index (κ2) is 4.43. The lowest BCUT2D eigenvalue weighted by molar-refractivity contribution is 0.0941. The number of nitrogens with one attached hydrogen (secondary N) is 2. The monoisotopic (exact) mass is 249 g/mol. The van der Waals surface area contributed by atoms with Crippen LogP contribution >= 0.6 is 23.2 Å². The number of hydrogen-bond acceptors (Lipinski definition) is 2.